The van der Waals surface area contributed by atoms with Gasteiger partial charge in [0.15, 0.2) is 0 Å². The van der Waals surface area contributed by atoms with Gasteiger partial charge in [0.1, 0.15) is 0 Å². The van der Waals surface area contributed by atoms with Crippen LogP contribution in [-0.2, 0) is 5.88 Å². The highest BCUT2D eigenvalue weighted by atomic mass is 35.5. The fraction of sp³-hybridized carbons (Fsp3) is 0.455. The van der Waals surface area contributed by atoms with Crippen LogP contribution in [0.15, 0.2) is 18.2 Å². The highest BCUT2D eigenvalue weighted by Gasteiger charge is 2.06. The largest absolute Gasteiger partial charge is 0.122 e. The zero-order valence-electron chi connectivity index (χ0n) is 7.89. The van der Waals surface area contributed by atoms with Crippen LogP contribution in [0.5, 0.6) is 0 Å². The Morgan fingerprint density at radius 1 is 1.33 bits per heavy atom. The highest BCUT2D eigenvalue weighted by Crippen LogP contribution is 2.23. The SMILES string of the molecule is Cc1cccc(C(C)C)c1CCl. The summed E-state index contributed by atoms with van der Waals surface area (Å²) in [6.45, 7) is 6.51. The molecule has 0 aromatic heterocycles. The van der Waals surface area contributed by atoms with E-state index in [1.165, 1.54) is 16.7 Å². The number of benzene rings is 1. The number of rotatable bonds is 2. The molecule has 0 aliphatic heterocycles. The molecule has 0 amide bonds. The number of hydrogen-bond acceptors (Lipinski definition) is 0. The van der Waals surface area contributed by atoms with Crippen molar-refractivity contribution in [3.05, 3.63) is 34.9 Å². The van der Waals surface area contributed by atoms with Gasteiger partial charge >= 0.3 is 0 Å². The van der Waals surface area contributed by atoms with E-state index in [2.05, 4.69) is 39.0 Å². The first-order valence-corrected chi connectivity index (χ1v) is 4.84. The summed E-state index contributed by atoms with van der Waals surface area (Å²) in [6.07, 6.45) is 0. The molecule has 0 saturated heterocycles. The molecule has 1 aromatic rings. The third-order valence-electron chi connectivity index (χ3n) is 2.20. The fourth-order valence-electron chi connectivity index (χ4n) is 1.45. The van der Waals surface area contributed by atoms with E-state index in [1.807, 2.05) is 0 Å². The quantitative estimate of drug-likeness (QED) is 0.610. The maximum Gasteiger partial charge on any atom is 0.0479 e. The van der Waals surface area contributed by atoms with Crippen molar-refractivity contribution in [1.82, 2.24) is 0 Å². The molecule has 1 heteroatoms. The molecule has 0 unspecified atom stereocenters. The Balaban J connectivity index is 3.18. The lowest BCUT2D eigenvalue weighted by molar-refractivity contribution is 0.851. The predicted molar refractivity (Wildman–Crippen MR) is 54.8 cm³/mol. The predicted octanol–water partition coefficient (Wildman–Crippen LogP) is 3.86. The zero-order chi connectivity index (χ0) is 9.14. The zero-order valence-corrected chi connectivity index (χ0v) is 8.65. The molecule has 0 aliphatic rings. The van der Waals surface area contributed by atoms with Gasteiger partial charge in [-0.05, 0) is 29.5 Å². The second-order valence-corrected chi connectivity index (χ2v) is 3.70. The van der Waals surface area contributed by atoms with Crippen molar-refractivity contribution in [3.8, 4) is 0 Å². The van der Waals surface area contributed by atoms with Crippen LogP contribution in [0.1, 0.15) is 36.5 Å². The van der Waals surface area contributed by atoms with Gasteiger partial charge in [0.05, 0.1) is 0 Å². The molecule has 0 N–H and O–H groups in total. The Hall–Kier alpha value is -0.490. The average molecular weight is 183 g/mol. The third kappa shape index (κ3) is 1.81. The van der Waals surface area contributed by atoms with E-state index in [1.54, 1.807) is 0 Å². The second-order valence-electron chi connectivity index (χ2n) is 3.43. The van der Waals surface area contributed by atoms with Crippen molar-refractivity contribution in [3.63, 3.8) is 0 Å². The lowest BCUT2D eigenvalue weighted by atomic mass is 9.95. The molecular formula is C11H15Cl. The fourth-order valence-corrected chi connectivity index (χ4v) is 1.81. The molecular weight excluding hydrogens is 168 g/mol. The monoisotopic (exact) mass is 182 g/mol. The molecule has 1 rings (SSSR count). The summed E-state index contributed by atoms with van der Waals surface area (Å²) < 4.78 is 0. The summed E-state index contributed by atoms with van der Waals surface area (Å²) in [6, 6.07) is 6.37. The smallest absolute Gasteiger partial charge is 0.0479 e. The van der Waals surface area contributed by atoms with Crippen LogP contribution in [0.3, 0.4) is 0 Å². The number of aryl methyl sites for hydroxylation is 1. The Labute approximate surface area is 79.6 Å². The van der Waals surface area contributed by atoms with E-state index in [0.29, 0.717) is 11.8 Å². The maximum atomic E-state index is 5.88. The van der Waals surface area contributed by atoms with Gasteiger partial charge in [-0.2, -0.15) is 0 Å². The van der Waals surface area contributed by atoms with Gasteiger partial charge < -0.3 is 0 Å². The standard InChI is InChI=1S/C11H15Cl/c1-8(2)10-6-4-5-9(3)11(10)7-12/h4-6,8H,7H2,1-3H3. The summed E-state index contributed by atoms with van der Waals surface area (Å²) >= 11 is 5.88. The van der Waals surface area contributed by atoms with Crippen LogP contribution >= 0.6 is 11.6 Å². The van der Waals surface area contributed by atoms with Gasteiger partial charge in [0.2, 0.25) is 0 Å². The van der Waals surface area contributed by atoms with Gasteiger partial charge in [-0.1, -0.05) is 32.0 Å². The van der Waals surface area contributed by atoms with E-state index in [-0.39, 0.29) is 0 Å². The first-order chi connectivity index (χ1) is 5.66. The van der Waals surface area contributed by atoms with Crippen LogP contribution in [-0.4, -0.2) is 0 Å². The summed E-state index contributed by atoms with van der Waals surface area (Å²) in [5.74, 6) is 1.19. The van der Waals surface area contributed by atoms with Crippen molar-refractivity contribution in [2.45, 2.75) is 32.6 Å². The maximum absolute atomic E-state index is 5.88. The molecule has 0 heterocycles. The van der Waals surface area contributed by atoms with Crippen LogP contribution < -0.4 is 0 Å². The molecule has 66 valence electrons. The average Bonchev–Trinajstić information content (AvgIpc) is 2.03. The minimum atomic E-state index is 0.568. The van der Waals surface area contributed by atoms with Gasteiger partial charge in [-0.25, -0.2) is 0 Å². The first kappa shape index (κ1) is 9.60. The second kappa shape index (κ2) is 3.95. The van der Waals surface area contributed by atoms with Crippen molar-refractivity contribution >= 4 is 11.6 Å². The number of halogens is 1. The molecule has 0 nitrogen and oxygen atoms in total. The van der Waals surface area contributed by atoms with E-state index >= 15 is 0 Å². The molecule has 0 atom stereocenters. The van der Waals surface area contributed by atoms with Crippen molar-refractivity contribution < 1.29 is 0 Å². The number of hydrogen-bond donors (Lipinski definition) is 0. The van der Waals surface area contributed by atoms with Crippen molar-refractivity contribution in [1.29, 1.82) is 0 Å². The first-order valence-electron chi connectivity index (χ1n) is 4.31. The minimum Gasteiger partial charge on any atom is -0.122 e. The summed E-state index contributed by atoms with van der Waals surface area (Å²) in [5, 5.41) is 0. The summed E-state index contributed by atoms with van der Waals surface area (Å²) in [5.41, 5.74) is 3.98. The molecule has 0 radical (unpaired) electrons. The molecule has 0 spiro atoms. The van der Waals surface area contributed by atoms with E-state index in [4.69, 9.17) is 11.6 Å². The van der Waals surface area contributed by atoms with Crippen LogP contribution in [0.2, 0.25) is 0 Å². The normalized spacial score (nSPS) is 10.8. The number of alkyl halides is 1. The Morgan fingerprint density at radius 2 is 2.00 bits per heavy atom. The topological polar surface area (TPSA) is 0 Å². The van der Waals surface area contributed by atoms with Crippen LogP contribution in [0.4, 0.5) is 0 Å². The lowest BCUT2D eigenvalue weighted by Crippen LogP contribution is -1.96. The summed E-state index contributed by atoms with van der Waals surface area (Å²) in [7, 11) is 0. The molecule has 0 aliphatic carbocycles. The van der Waals surface area contributed by atoms with Gasteiger partial charge in [0.25, 0.3) is 0 Å². The third-order valence-corrected chi connectivity index (χ3v) is 2.47. The van der Waals surface area contributed by atoms with Gasteiger partial charge in [0, 0.05) is 5.88 Å². The molecule has 1 aromatic carbocycles. The van der Waals surface area contributed by atoms with Crippen LogP contribution in [0.25, 0.3) is 0 Å². The van der Waals surface area contributed by atoms with Gasteiger partial charge in [-0.3, -0.25) is 0 Å². The van der Waals surface area contributed by atoms with Gasteiger partial charge in [-0.15, -0.1) is 11.6 Å². The molecule has 0 saturated carbocycles. The minimum absolute atomic E-state index is 0.568. The molecule has 0 bridgehead atoms. The van der Waals surface area contributed by atoms with E-state index < -0.39 is 0 Å². The Bertz CT molecular complexity index is 264. The van der Waals surface area contributed by atoms with Crippen molar-refractivity contribution in [2.75, 3.05) is 0 Å². The van der Waals surface area contributed by atoms with E-state index in [9.17, 15) is 0 Å². The lowest BCUT2D eigenvalue weighted by Gasteiger charge is -2.12. The van der Waals surface area contributed by atoms with Crippen LogP contribution in [0, 0.1) is 6.92 Å². The van der Waals surface area contributed by atoms with Crippen molar-refractivity contribution in [2.24, 2.45) is 0 Å². The highest BCUT2D eigenvalue weighted by molar-refractivity contribution is 6.17. The molecule has 0 fully saturated rings. The summed E-state index contributed by atoms with van der Waals surface area (Å²) in [4.78, 5) is 0. The van der Waals surface area contributed by atoms with E-state index in [0.717, 1.165) is 0 Å². The molecule has 12 heavy (non-hydrogen) atoms. The Kier molecular flexibility index (Phi) is 3.16. The Morgan fingerprint density at radius 3 is 2.42 bits per heavy atom.